The molecule has 0 amide bonds. The van der Waals surface area contributed by atoms with Crippen molar-refractivity contribution in [1.82, 2.24) is 0 Å². The molecule has 0 aromatic carbocycles. The van der Waals surface area contributed by atoms with Crippen molar-refractivity contribution in [1.29, 1.82) is 0 Å². The second-order valence-corrected chi connectivity index (χ2v) is 8.91. The molecule has 0 aromatic rings. The van der Waals surface area contributed by atoms with E-state index >= 15 is 0 Å². The normalized spacial score (nSPS) is 22.5. The smallest absolute Gasteiger partial charge is 0.201 e. The van der Waals surface area contributed by atoms with Gasteiger partial charge in [0.2, 0.25) is 5.78 Å². The van der Waals surface area contributed by atoms with E-state index in [1.165, 1.54) is 35.6 Å². The van der Waals surface area contributed by atoms with E-state index in [1.54, 1.807) is 0 Å². The highest BCUT2D eigenvalue weighted by atomic mass is 32.2. The van der Waals surface area contributed by atoms with Crippen LogP contribution in [-0.4, -0.2) is 30.4 Å². The second-order valence-electron chi connectivity index (χ2n) is 8.06. The fourth-order valence-electron chi connectivity index (χ4n) is 3.55. The molecule has 0 bridgehead atoms. The topological polar surface area (TPSA) is 46.5 Å². The molecule has 3 atom stereocenters. The molecular weight excluding hydrogens is 392 g/mol. The largest absolute Gasteiger partial charge is 0.492 e. The average molecular weight is 437 g/mol. The van der Waals surface area contributed by atoms with Crippen LogP contribution in [0.5, 0.6) is 0 Å². The molecule has 4 heteroatoms. The standard InChI is InChI=1S/C24H38O3S.C2H6/c1-16(2)10-8-11-17(3)12-9-13-18(4)14-15-20-19(5)21(25)23(27-6)24(28-7)22(20)26;1-2/h10,12,14,19-20,22,26H,8-9,11,13,15H2,1-7H3;1-2H3/b17-12+,18-14+;. The Labute approximate surface area is 189 Å². The SMILES string of the molecule is CC.COC1=C(SC)C(O)C(C/C=C(\C)CC/C=C(\C)CCC=C(C)C)C(C)C1=O. The van der Waals surface area contributed by atoms with Crippen LogP contribution in [-0.2, 0) is 9.53 Å². The van der Waals surface area contributed by atoms with Crippen LogP contribution in [0.15, 0.2) is 45.6 Å². The number of ketones is 1. The summed E-state index contributed by atoms with van der Waals surface area (Å²) in [6.07, 6.45) is 13.0. The Hall–Kier alpha value is -1.26. The van der Waals surface area contributed by atoms with Gasteiger partial charge >= 0.3 is 0 Å². The maximum Gasteiger partial charge on any atom is 0.201 e. The number of hydrogen-bond acceptors (Lipinski definition) is 4. The summed E-state index contributed by atoms with van der Waals surface area (Å²) in [7, 11) is 1.50. The first-order chi connectivity index (χ1) is 14.2. The lowest BCUT2D eigenvalue weighted by atomic mass is 9.78. The fraction of sp³-hybridized carbons (Fsp3) is 0.654. The molecule has 0 fully saturated rings. The van der Waals surface area contributed by atoms with Gasteiger partial charge in [-0.25, -0.2) is 0 Å². The van der Waals surface area contributed by atoms with Crippen LogP contribution in [0.25, 0.3) is 0 Å². The van der Waals surface area contributed by atoms with Gasteiger partial charge in [0.05, 0.1) is 18.1 Å². The Kier molecular flexibility index (Phi) is 14.9. The predicted molar refractivity (Wildman–Crippen MR) is 133 cm³/mol. The number of ether oxygens (including phenoxy) is 1. The lowest BCUT2D eigenvalue weighted by Crippen LogP contribution is -2.38. The van der Waals surface area contributed by atoms with E-state index in [4.69, 9.17) is 4.74 Å². The Morgan fingerprint density at radius 1 is 1.03 bits per heavy atom. The molecule has 3 nitrogen and oxygen atoms in total. The molecule has 172 valence electrons. The zero-order valence-corrected chi connectivity index (χ0v) is 21.5. The maximum atomic E-state index is 12.6. The number of allylic oxidation sites excluding steroid dienone is 7. The summed E-state index contributed by atoms with van der Waals surface area (Å²) in [5, 5.41) is 10.7. The molecule has 1 rings (SSSR count). The number of rotatable bonds is 10. The van der Waals surface area contributed by atoms with Gasteiger partial charge in [-0.05, 0) is 66.1 Å². The van der Waals surface area contributed by atoms with Gasteiger partial charge in [0.15, 0.2) is 5.76 Å². The summed E-state index contributed by atoms with van der Waals surface area (Å²) in [5.74, 6) is 0.00793. The number of thioether (sulfide) groups is 1. The van der Waals surface area contributed by atoms with Crippen LogP contribution in [0.3, 0.4) is 0 Å². The molecule has 0 spiro atoms. The van der Waals surface area contributed by atoms with Gasteiger partial charge in [0.25, 0.3) is 0 Å². The van der Waals surface area contributed by atoms with Gasteiger partial charge in [0.1, 0.15) is 0 Å². The molecule has 30 heavy (non-hydrogen) atoms. The van der Waals surface area contributed by atoms with Gasteiger partial charge in [-0.2, -0.15) is 0 Å². The van der Waals surface area contributed by atoms with Crippen molar-refractivity contribution in [2.75, 3.05) is 13.4 Å². The molecule has 1 aliphatic rings. The van der Waals surface area contributed by atoms with Crippen molar-refractivity contribution < 1.29 is 14.6 Å². The molecule has 1 N–H and O–H groups in total. The van der Waals surface area contributed by atoms with E-state index in [0.717, 1.165) is 25.7 Å². The summed E-state index contributed by atoms with van der Waals surface area (Å²) in [6.45, 7) is 14.5. The lowest BCUT2D eigenvalue weighted by Gasteiger charge is -2.34. The highest BCUT2D eigenvalue weighted by molar-refractivity contribution is 8.02. The van der Waals surface area contributed by atoms with Gasteiger partial charge in [-0.1, -0.05) is 55.7 Å². The molecule has 3 unspecified atom stereocenters. The third kappa shape index (κ3) is 9.26. The Balaban J connectivity index is 0.00000407. The van der Waals surface area contributed by atoms with Crippen LogP contribution >= 0.6 is 11.8 Å². The fourth-order valence-corrected chi connectivity index (χ4v) is 4.33. The number of aliphatic hydroxyl groups is 1. The first-order valence-corrected chi connectivity index (χ1v) is 12.4. The third-order valence-electron chi connectivity index (χ3n) is 5.46. The monoisotopic (exact) mass is 436 g/mol. The first-order valence-electron chi connectivity index (χ1n) is 11.2. The summed E-state index contributed by atoms with van der Waals surface area (Å²) in [4.78, 5) is 13.2. The van der Waals surface area contributed by atoms with Crippen molar-refractivity contribution in [3.05, 3.63) is 45.6 Å². The molecular formula is C26H44O3S. The number of hydrogen-bond donors (Lipinski definition) is 1. The number of carbonyl (C=O) groups excluding carboxylic acids is 1. The molecule has 0 heterocycles. The third-order valence-corrected chi connectivity index (χ3v) is 6.33. The molecule has 0 saturated carbocycles. The van der Waals surface area contributed by atoms with Gasteiger partial charge in [0, 0.05) is 11.8 Å². The lowest BCUT2D eigenvalue weighted by molar-refractivity contribution is -0.126. The average Bonchev–Trinajstić information content (AvgIpc) is 2.71. The van der Waals surface area contributed by atoms with Gasteiger partial charge in [-0.3, -0.25) is 4.79 Å². The van der Waals surface area contributed by atoms with E-state index in [0.29, 0.717) is 17.1 Å². The molecule has 0 radical (unpaired) electrons. The minimum atomic E-state index is -0.640. The quantitative estimate of drug-likeness (QED) is 0.367. The van der Waals surface area contributed by atoms with Crippen LogP contribution in [0, 0.1) is 11.8 Å². The summed E-state index contributed by atoms with van der Waals surface area (Å²) >= 11 is 1.41. The first kappa shape index (κ1) is 28.7. The molecule has 0 aromatic heterocycles. The Morgan fingerprint density at radius 2 is 1.57 bits per heavy atom. The second kappa shape index (κ2) is 15.5. The van der Waals surface area contributed by atoms with Crippen LogP contribution < -0.4 is 0 Å². The Bertz CT molecular complexity index is 651. The van der Waals surface area contributed by atoms with Crippen molar-refractivity contribution >= 4 is 17.5 Å². The maximum absolute atomic E-state index is 12.6. The number of Topliss-reactive ketones (excluding diaryl/α,β-unsaturated/α-hetero) is 1. The van der Waals surface area contributed by atoms with E-state index in [-0.39, 0.29) is 17.6 Å². The minimum absolute atomic E-state index is 0.00290. The van der Waals surface area contributed by atoms with E-state index in [2.05, 4.69) is 45.9 Å². The van der Waals surface area contributed by atoms with E-state index < -0.39 is 6.10 Å². The number of methoxy groups -OCH3 is 1. The van der Waals surface area contributed by atoms with E-state index in [1.807, 2.05) is 27.0 Å². The van der Waals surface area contributed by atoms with Crippen LogP contribution in [0.1, 0.15) is 80.6 Å². The van der Waals surface area contributed by atoms with E-state index in [9.17, 15) is 9.90 Å². The van der Waals surface area contributed by atoms with Crippen molar-refractivity contribution in [3.63, 3.8) is 0 Å². The highest BCUT2D eigenvalue weighted by Gasteiger charge is 2.40. The van der Waals surface area contributed by atoms with Gasteiger partial charge in [-0.15, -0.1) is 11.8 Å². The zero-order valence-electron chi connectivity index (χ0n) is 20.7. The number of carbonyl (C=O) groups is 1. The Morgan fingerprint density at radius 3 is 2.07 bits per heavy atom. The van der Waals surface area contributed by atoms with Crippen molar-refractivity contribution in [2.24, 2.45) is 11.8 Å². The summed E-state index contributed by atoms with van der Waals surface area (Å²) in [5.41, 5.74) is 4.13. The highest BCUT2D eigenvalue weighted by Crippen LogP contribution is 2.39. The molecule has 0 aliphatic heterocycles. The molecule has 1 aliphatic carbocycles. The van der Waals surface area contributed by atoms with Gasteiger partial charge < -0.3 is 9.84 Å². The zero-order chi connectivity index (χ0) is 23.3. The minimum Gasteiger partial charge on any atom is -0.492 e. The summed E-state index contributed by atoms with van der Waals surface area (Å²) < 4.78 is 5.26. The summed E-state index contributed by atoms with van der Waals surface area (Å²) in [6, 6.07) is 0. The predicted octanol–water partition coefficient (Wildman–Crippen LogP) is 7.24. The van der Waals surface area contributed by atoms with Crippen molar-refractivity contribution in [2.45, 2.75) is 86.7 Å². The van der Waals surface area contributed by atoms with Crippen LogP contribution in [0.4, 0.5) is 0 Å². The number of aliphatic hydroxyl groups excluding tert-OH is 1. The van der Waals surface area contributed by atoms with Crippen molar-refractivity contribution in [3.8, 4) is 0 Å². The molecule has 0 saturated heterocycles. The van der Waals surface area contributed by atoms with Crippen LogP contribution in [0.2, 0.25) is 0 Å².